The molecule has 0 fully saturated rings. The molecule has 1 aromatic heterocycles. The molecule has 0 bridgehead atoms. The van der Waals surface area contributed by atoms with Gasteiger partial charge in [0.25, 0.3) is 0 Å². The predicted octanol–water partition coefficient (Wildman–Crippen LogP) is 3.97. The van der Waals surface area contributed by atoms with Gasteiger partial charge in [-0.2, -0.15) is 0 Å². The monoisotopic (exact) mass is 257 g/mol. The SMILES string of the molecule is CCC(C)(C)CNc1ccc(N)c2cnc(C)cc12. The Labute approximate surface area is 115 Å². The predicted molar refractivity (Wildman–Crippen MR) is 83.5 cm³/mol. The zero-order chi connectivity index (χ0) is 14.0. The summed E-state index contributed by atoms with van der Waals surface area (Å²) in [6.45, 7) is 9.71. The lowest BCUT2D eigenvalue weighted by Crippen LogP contribution is -2.22. The van der Waals surface area contributed by atoms with Crippen LogP contribution < -0.4 is 11.1 Å². The minimum absolute atomic E-state index is 0.287. The highest BCUT2D eigenvalue weighted by Crippen LogP contribution is 2.29. The third-order valence-corrected chi connectivity index (χ3v) is 3.79. The van der Waals surface area contributed by atoms with Crippen molar-refractivity contribution in [2.24, 2.45) is 5.41 Å². The van der Waals surface area contributed by atoms with Gasteiger partial charge >= 0.3 is 0 Å². The number of benzene rings is 1. The van der Waals surface area contributed by atoms with Crippen molar-refractivity contribution in [3.8, 4) is 0 Å². The second kappa shape index (κ2) is 5.08. The summed E-state index contributed by atoms with van der Waals surface area (Å²) >= 11 is 0. The number of aryl methyl sites for hydroxylation is 1. The summed E-state index contributed by atoms with van der Waals surface area (Å²) in [6, 6.07) is 6.09. The van der Waals surface area contributed by atoms with Crippen molar-refractivity contribution in [3.63, 3.8) is 0 Å². The fourth-order valence-corrected chi connectivity index (χ4v) is 1.98. The van der Waals surface area contributed by atoms with Crippen LogP contribution in [0.1, 0.15) is 32.9 Å². The number of fused-ring (bicyclic) bond motifs is 1. The van der Waals surface area contributed by atoms with Crippen molar-refractivity contribution >= 4 is 22.1 Å². The summed E-state index contributed by atoms with van der Waals surface area (Å²) < 4.78 is 0. The molecule has 0 aliphatic heterocycles. The van der Waals surface area contributed by atoms with Crippen molar-refractivity contribution in [2.45, 2.75) is 34.1 Å². The minimum atomic E-state index is 0.287. The molecule has 3 nitrogen and oxygen atoms in total. The molecule has 0 atom stereocenters. The first-order valence-electron chi connectivity index (χ1n) is 6.81. The Morgan fingerprint density at radius 2 is 2.00 bits per heavy atom. The molecule has 1 heterocycles. The van der Waals surface area contributed by atoms with Crippen molar-refractivity contribution < 1.29 is 0 Å². The molecule has 3 heteroatoms. The lowest BCUT2D eigenvalue weighted by Gasteiger charge is -2.24. The van der Waals surface area contributed by atoms with Crippen molar-refractivity contribution in [3.05, 3.63) is 30.1 Å². The van der Waals surface area contributed by atoms with Crippen LogP contribution in [0.25, 0.3) is 10.8 Å². The van der Waals surface area contributed by atoms with E-state index < -0.39 is 0 Å². The van der Waals surface area contributed by atoms with Crippen molar-refractivity contribution in [1.82, 2.24) is 4.98 Å². The first-order valence-corrected chi connectivity index (χ1v) is 6.81. The van der Waals surface area contributed by atoms with E-state index in [1.54, 1.807) is 0 Å². The Morgan fingerprint density at radius 3 is 2.68 bits per heavy atom. The maximum atomic E-state index is 6.02. The number of nitrogens with two attached hydrogens (primary N) is 1. The van der Waals surface area contributed by atoms with E-state index in [1.165, 1.54) is 0 Å². The summed E-state index contributed by atoms with van der Waals surface area (Å²) in [5, 5.41) is 5.72. The number of nitrogens with zero attached hydrogens (tertiary/aromatic N) is 1. The molecule has 0 aliphatic carbocycles. The number of hydrogen-bond donors (Lipinski definition) is 2. The smallest absolute Gasteiger partial charge is 0.0422 e. The van der Waals surface area contributed by atoms with E-state index in [0.717, 1.165) is 40.8 Å². The summed E-state index contributed by atoms with van der Waals surface area (Å²) in [7, 11) is 0. The lowest BCUT2D eigenvalue weighted by molar-refractivity contribution is 0.377. The summed E-state index contributed by atoms with van der Waals surface area (Å²) in [5.74, 6) is 0. The van der Waals surface area contributed by atoms with Crippen LogP contribution in [0, 0.1) is 12.3 Å². The molecule has 2 aromatic rings. The van der Waals surface area contributed by atoms with E-state index in [4.69, 9.17) is 5.73 Å². The van der Waals surface area contributed by atoms with Gasteiger partial charge < -0.3 is 11.1 Å². The Balaban J connectivity index is 2.38. The number of aromatic nitrogens is 1. The first-order chi connectivity index (χ1) is 8.93. The molecule has 0 amide bonds. The Bertz CT molecular complexity index is 588. The molecule has 0 saturated heterocycles. The fraction of sp³-hybridized carbons (Fsp3) is 0.438. The van der Waals surface area contributed by atoms with Crippen LogP contribution in [-0.2, 0) is 0 Å². The molecule has 1 aromatic carbocycles. The molecule has 2 rings (SSSR count). The van der Waals surface area contributed by atoms with Crippen LogP contribution >= 0.6 is 0 Å². The van der Waals surface area contributed by atoms with Gasteiger partial charge in [-0.15, -0.1) is 0 Å². The normalized spacial score (nSPS) is 11.8. The summed E-state index contributed by atoms with van der Waals surface area (Å²) in [4.78, 5) is 4.33. The fourth-order valence-electron chi connectivity index (χ4n) is 1.98. The van der Waals surface area contributed by atoms with Crippen molar-refractivity contribution in [1.29, 1.82) is 0 Å². The number of nitrogen functional groups attached to an aromatic ring is 1. The average molecular weight is 257 g/mol. The third kappa shape index (κ3) is 2.98. The molecule has 0 aliphatic rings. The van der Waals surface area contributed by atoms with E-state index in [9.17, 15) is 0 Å². The minimum Gasteiger partial charge on any atom is -0.398 e. The number of anilines is 2. The highest BCUT2D eigenvalue weighted by molar-refractivity contribution is 6.00. The van der Waals surface area contributed by atoms with Crippen LogP contribution in [0.4, 0.5) is 11.4 Å². The largest absolute Gasteiger partial charge is 0.398 e. The molecule has 19 heavy (non-hydrogen) atoms. The molecule has 0 spiro atoms. The number of hydrogen-bond acceptors (Lipinski definition) is 3. The Morgan fingerprint density at radius 1 is 1.26 bits per heavy atom. The van der Waals surface area contributed by atoms with Crippen LogP contribution in [0.3, 0.4) is 0 Å². The van der Waals surface area contributed by atoms with Gasteiger partial charge in [0, 0.05) is 40.6 Å². The second-order valence-corrected chi connectivity index (χ2v) is 5.94. The van der Waals surface area contributed by atoms with Crippen LogP contribution in [0.15, 0.2) is 24.4 Å². The number of pyridine rings is 1. The Hall–Kier alpha value is -1.77. The summed E-state index contributed by atoms with van der Waals surface area (Å²) in [6.07, 6.45) is 3.00. The van der Waals surface area contributed by atoms with E-state index in [2.05, 4.69) is 43.2 Å². The van der Waals surface area contributed by atoms with Crippen LogP contribution in [0.2, 0.25) is 0 Å². The molecule has 102 valence electrons. The van der Waals surface area contributed by atoms with Crippen LogP contribution in [-0.4, -0.2) is 11.5 Å². The highest BCUT2D eigenvalue weighted by atomic mass is 14.9. The number of nitrogens with one attached hydrogen (secondary N) is 1. The maximum Gasteiger partial charge on any atom is 0.0422 e. The van der Waals surface area contributed by atoms with E-state index in [0.29, 0.717) is 0 Å². The molecular formula is C16H23N3. The van der Waals surface area contributed by atoms with Gasteiger partial charge in [-0.25, -0.2) is 0 Å². The molecule has 0 saturated carbocycles. The van der Waals surface area contributed by atoms with Crippen LogP contribution in [0.5, 0.6) is 0 Å². The van der Waals surface area contributed by atoms with Gasteiger partial charge in [0.1, 0.15) is 0 Å². The zero-order valence-electron chi connectivity index (χ0n) is 12.2. The maximum absolute atomic E-state index is 6.02. The first kappa shape index (κ1) is 13.7. The van der Waals surface area contributed by atoms with Crippen molar-refractivity contribution in [2.75, 3.05) is 17.6 Å². The van der Waals surface area contributed by atoms with Gasteiger partial charge in [-0.1, -0.05) is 20.8 Å². The van der Waals surface area contributed by atoms with Gasteiger partial charge in [0.2, 0.25) is 0 Å². The Kier molecular flexibility index (Phi) is 3.65. The molecule has 0 unspecified atom stereocenters. The summed E-state index contributed by atoms with van der Waals surface area (Å²) in [5.41, 5.74) is 9.23. The average Bonchev–Trinajstić information content (AvgIpc) is 2.38. The van der Waals surface area contributed by atoms with E-state index in [-0.39, 0.29) is 5.41 Å². The number of rotatable bonds is 4. The van der Waals surface area contributed by atoms with Gasteiger partial charge in [-0.3, -0.25) is 4.98 Å². The molecular weight excluding hydrogens is 234 g/mol. The third-order valence-electron chi connectivity index (χ3n) is 3.79. The topological polar surface area (TPSA) is 50.9 Å². The highest BCUT2D eigenvalue weighted by Gasteiger charge is 2.15. The molecule has 3 N–H and O–H groups in total. The lowest BCUT2D eigenvalue weighted by atomic mass is 9.90. The van der Waals surface area contributed by atoms with E-state index in [1.807, 2.05) is 19.2 Å². The van der Waals surface area contributed by atoms with Gasteiger partial charge in [0.05, 0.1) is 0 Å². The molecule has 0 radical (unpaired) electrons. The second-order valence-electron chi connectivity index (χ2n) is 5.94. The zero-order valence-corrected chi connectivity index (χ0v) is 12.2. The quantitative estimate of drug-likeness (QED) is 0.815. The van der Waals surface area contributed by atoms with Gasteiger partial charge in [0.15, 0.2) is 0 Å². The standard InChI is InChI=1S/C16H23N3/c1-5-16(3,4)10-19-15-7-6-14(17)13-9-18-11(2)8-12(13)15/h6-9,19H,5,10,17H2,1-4H3. The van der Waals surface area contributed by atoms with E-state index >= 15 is 0 Å². The van der Waals surface area contributed by atoms with Gasteiger partial charge in [-0.05, 0) is 37.0 Å².